The molecule has 0 radical (unpaired) electrons. The molecule has 5 N–H and O–H groups in total. The van der Waals surface area contributed by atoms with E-state index in [2.05, 4.69) is 10.3 Å². The van der Waals surface area contributed by atoms with Crippen LogP contribution in [0, 0.1) is 17.8 Å². The van der Waals surface area contributed by atoms with Gasteiger partial charge in [0.05, 0.1) is 12.6 Å². The molecule has 2 amide bonds. The molecule has 2 heterocycles. The number of ketones is 4. The smallest absolute Gasteiger partial charge is 0.226 e. The number of phenolic OH excluding ortho intramolecular Hbond substituents is 2. The molecule has 0 saturated carbocycles. The first-order chi connectivity index (χ1) is 30.1. The van der Waals surface area contributed by atoms with E-state index in [1.165, 1.54) is 36.2 Å². The van der Waals surface area contributed by atoms with Crippen molar-refractivity contribution in [3.05, 3.63) is 118 Å². The Morgan fingerprint density at radius 1 is 0.873 bits per heavy atom. The van der Waals surface area contributed by atoms with E-state index in [0.29, 0.717) is 53.1 Å². The van der Waals surface area contributed by atoms with Crippen molar-refractivity contribution < 1.29 is 39.0 Å². The molecule has 0 aromatic heterocycles. The number of carbonyl (C=O) groups excluding carboxylic acids is 6. The fraction of sp³-hybridized carbons (Fsp3) is 0.340. The highest BCUT2D eigenvalue weighted by Gasteiger charge is 2.36. The molecule has 4 bridgehead atoms. The Morgan fingerprint density at radius 2 is 1.52 bits per heavy atom. The Balaban J connectivity index is 1.31. The Bertz CT molecular complexity index is 2450. The molecule has 0 fully saturated rings. The van der Waals surface area contributed by atoms with Crippen molar-refractivity contribution in [2.75, 3.05) is 20.1 Å². The third-order valence-corrected chi connectivity index (χ3v) is 12.2. The maximum atomic E-state index is 14.7. The lowest BCUT2D eigenvalue weighted by Crippen LogP contribution is -2.46. The van der Waals surface area contributed by atoms with Gasteiger partial charge < -0.3 is 26.2 Å². The van der Waals surface area contributed by atoms with E-state index in [1.807, 2.05) is 24.3 Å². The summed E-state index contributed by atoms with van der Waals surface area (Å²) in [6.07, 6.45) is 4.02. The predicted molar refractivity (Wildman–Crippen MR) is 243 cm³/mol. The third-order valence-electron chi connectivity index (χ3n) is 11.9. The van der Waals surface area contributed by atoms with E-state index in [4.69, 9.17) is 17.3 Å². The van der Waals surface area contributed by atoms with E-state index in [-0.39, 0.29) is 66.4 Å². The average molecular weight is 873 g/mol. The molecule has 63 heavy (non-hydrogen) atoms. The number of Topliss-reactive ketones (excluding diaryl/α,β-unsaturated/α-hetero) is 4. The van der Waals surface area contributed by atoms with Crippen LogP contribution in [0.4, 0.5) is 0 Å². The number of aromatic hydroxyl groups is 2. The van der Waals surface area contributed by atoms with Crippen LogP contribution < -0.4 is 11.1 Å². The normalized spacial score (nSPS) is 18.4. The van der Waals surface area contributed by atoms with Gasteiger partial charge in [-0.15, -0.1) is 0 Å². The zero-order valence-electron chi connectivity index (χ0n) is 35.7. The van der Waals surface area contributed by atoms with Gasteiger partial charge in [0.25, 0.3) is 0 Å². The maximum Gasteiger partial charge on any atom is 0.226 e. The van der Waals surface area contributed by atoms with Gasteiger partial charge in [-0.05, 0) is 90.5 Å². The van der Waals surface area contributed by atoms with Gasteiger partial charge >= 0.3 is 0 Å². The van der Waals surface area contributed by atoms with Crippen molar-refractivity contribution in [1.82, 2.24) is 10.2 Å². The van der Waals surface area contributed by atoms with Crippen molar-refractivity contribution in [1.29, 1.82) is 0 Å². The fourth-order valence-electron chi connectivity index (χ4n) is 8.25. The van der Waals surface area contributed by atoms with Crippen LogP contribution in [-0.4, -0.2) is 82.5 Å². The second-order valence-electron chi connectivity index (χ2n) is 16.6. The van der Waals surface area contributed by atoms with Crippen molar-refractivity contribution >= 4 is 52.8 Å². The number of nitrogens with two attached hydrogens (primary N) is 1. The lowest BCUT2D eigenvalue weighted by atomic mass is 9.87. The lowest BCUT2D eigenvalue weighted by Gasteiger charge is -2.32. The van der Waals surface area contributed by atoms with Crippen molar-refractivity contribution in [3.63, 3.8) is 0 Å². The predicted octanol–water partition coefficient (Wildman–Crippen LogP) is 7.41. The van der Waals surface area contributed by atoms with Gasteiger partial charge in [-0.1, -0.05) is 80.4 Å². The standard InChI is InChI=1S/C50H53ClN4O8/c1-29(48(61)37-19-21-53-28-37)22-45(59)41-25-31-7-17-42(56)39(24-31)40-26-35(14-18-43(40)57)47(46(60)23-30(2)49(62)54-41)55(3)50(63)36(6-4-5-20-52)27-44(58)34-10-8-32(9-11-34)33-12-15-38(51)16-13-33/h7-19,21,24,26,29-30,36,41,47,56-57H,4-6,20,22-23,25,27-28,52H2,1-3H3,(H,54,62)/t29-,30-,36-,41+,47+/m1/s1. The van der Waals surface area contributed by atoms with Gasteiger partial charge in [0.15, 0.2) is 23.1 Å². The lowest BCUT2D eigenvalue weighted by molar-refractivity contribution is -0.142. The highest BCUT2D eigenvalue weighted by Crippen LogP contribution is 2.40. The van der Waals surface area contributed by atoms with Crippen molar-refractivity contribution in [2.24, 2.45) is 28.5 Å². The SMILES string of the molecule is C[C@@H]1CC(=O)[C@@H](N(C)C(=O)[C@H](CCCCN)CC(=O)c2ccc(-c3ccc(Cl)cc3)cc2)c2ccc(O)c(c2)-c2cc(ccc2O)C[C@@H](C(=O)C[C@@H](C)C(=O)C2=CC=NC2)NC1=O. The second-order valence-corrected chi connectivity index (χ2v) is 17.1. The van der Waals surface area contributed by atoms with E-state index >= 15 is 0 Å². The zero-order chi connectivity index (χ0) is 45.4. The number of nitrogens with one attached hydrogen (secondary N) is 1. The van der Waals surface area contributed by atoms with Crippen LogP contribution in [0.25, 0.3) is 22.3 Å². The van der Waals surface area contributed by atoms with Gasteiger partial charge in [0.2, 0.25) is 11.8 Å². The minimum Gasteiger partial charge on any atom is -0.507 e. The number of aliphatic imine (C=N–C) groups is 1. The number of hydrogen-bond acceptors (Lipinski definition) is 10. The number of hydrogen-bond donors (Lipinski definition) is 4. The van der Waals surface area contributed by atoms with Crippen LogP contribution in [0.5, 0.6) is 11.5 Å². The number of likely N-dealkylation sites (N-methyl/N-ethyl adjacent to an activating group) is 1. The summed E-state index contributed by atoms with van der Waals surface area (Å²) in [5.41, 5.74) is 9.78. The molecule has 0 spiro atoms. The molecule has 0 saturated heterocycles. The molecule has 4 aromatic rings. The number of allylic oxidation sites excluding steroid dienone is 1. The monoisotopic (exact) mass is 872 g/mol. The maximum absolute atomic E-state index is 14.7. The Kier molecular flexibility index (Phi) is 15.2. The number of phenols is 2. The van der Waals surface area contributed by atoms with E-state index in [1.54, 1.807) is 62.5 Å². The molecule has 2 aliphatic rings. The molecule has 12 nitrogen and oxygen atoms in total. The number of nitrogens with zero attached hydrogens (tertiary/aromatic N) is 2. The van der Waals surface area contributed by atoms with Crippen LogP contribution in [0.15, 0.2) is 102 Å². The summed E-state index contributed by atoms with van der Waals surface area (Å²) in [5.74, 6) is -5.29. The van der Waals surface area contributed by atoms with Gasteiger partial charge in [-0.3, -0.25) is 33.8 Å². The number of halogens is 1. The summed E-state index contributed by atoms with van der Waals surface area (Å²) in [7, 11) is 1.48. The molecule has 13 heteroatoms. The van der Waals surface area contributed by atoms with E-state index < -0.39 is 53.2 Å². The van der Waals surface area contributed by atoms with Crippen LogP contribution in [0.3, 0.4) is 0 Å². The molecule has 328 valence electrons. The minimum absolute atomic E-state index is 0.00230. The van der Waals surface area contributed by atoms with Crippen LogP contribution in [0.1, 0.15) is 79.9 Å². The van der Waals surface area contributed by atoms with Crippen LogP contribution in [-0.2, 0) is 30.4 Å². The number of rotatable bonds is 15. The highest BCUT2D eigenvalue weighted by atomic mass is 35.5. The number of unbranched alkanes of at least 4 members (excludes halogenated alkanes) is 1. The Hall–Kier alpha value is -6.24. The topological polar surface area (TPSA) is 197 Å². The summed E-state index contributed by atoms with van der Waals surface area (Å²) in [4.78, 5) is 89.4. The summed E-state index contributed by atoms with van der Waals surface area (Å²) in [6.45, 7) is 3.84. The number of fused-ring (bicyclic) bond motifs is 5. The van der Waals surface area contributed by atoms with Gasteiger partial charge in [-0.25, -0.2) is 0 Å². The minimum atomic E-state index is -1.27. The van der Waals surface area contributed by atoms with Gasteiger partial charge in [0, 0.05) is 77.6 Å². The van der Waals surface area contributed by atoms with E-state index in [9.17, 15) is 39.0 Å². The molecule has 4 aromatic carbocycles. The quantitative estimate of drug-likeness (QED) is 0.0694. The number of benzene rings is 4. The van der Waals surface area contributed by atoms with Gasteiger partial charge in [0.1, 0.15) is 17.5 Å². The molecular formula is C50H53ClN4O8. The number of amides is 2. The second kappa shape index (κ2) is 20.8. The first-order valence-electron chi connectivity index (χ1n) is 21.2. The Labute approximate surface area is 372 Å². The van der Waals surface area contributed by atoms with Crippen molar-refractivity contribution in [2.45, 2.75) is 70.9 Å². The van der Waals surface area contributed by atoms with Crippen molar-refractivity contribution in [3.8, 4) is 33.8 Å². The van der Waals surface area contributed by atoms with Crippen LogP contribution in [0.2, 0.25) is 5.02 Å². The summed E-state index contributed by atoms with van der Waals surface area (Å²) in [5, 5.41) is 25.8. The molecule has 0 unspecified atom stereocenters. The fourth-order valence-corrected chi connectivity index (χ4v) is 8.37. The molecular weight excluding hydrogens is 820 g/mol. The molecule has 5 atom stereocenters. The third kappa shape index (κ3) is 11.2. The summed E-state index contributed by atoms with van der Waals surface area (Å²) < 4.78 is 0. The number of carbonyl (C=O) groups is 6. The highest BCUT2D eigenvalue weighted by molar-refractivity contribution is 6.30. The molecule has 6 rings (SSSR count). The average Bonchev–Trinajstić information content (AvgIpc) is 3.82. The summed E-state index contributed by atoms with van der Waals surface area (Å²) in [6, 6.07) is 21.1. The molecule has 0 aliphatic carbocycles. The summed E-state index contributed by atoms with van der Waals surface area (Å²) >= 11 is 6.06. The van der Waals surface area contributed by atoms with Gasteiger partial charge in [-0.2, -0.15) is 0 Å². The first-order valence-corrected chi connectivity index (χ1v) is 21.6. The van der Waals surface area contributed by atoms with Crippen LogP contribution >= 0.6 is 11.6 Å². The Morgan fingerprint density at radius 3 is 2.17 bits per heavy atom. The first kappa shape index (κ1) is 46.3. The largest absolute Gasteiger partial charge is 0.507 e. The van der Waals surface area contributed by atoms with E-state index in [0.717, 1.165) is 11.1 Å². The molecule has 2 aliphatic heterocycles. The zero-order valence-corrected chi connectivity index (χ0v) is 36.4.